The summed E-state index contributed by atoms with van der Waals surface area (Å²) in [6, 6.07) is 13.2. The minimum atomic E-state index is -1.11. The summed E-state index contributed by atoms with van der Waals surface area (Å²) in [6.07, 6.45) is 3.54. The van der Waals surface area contributed by atoms with Crippen molar-refractivity contribution in [3.8, 4) is 5.75 Å². The number of aliphatic hydroxyl groups is 1. The highest BCUT2D eigenvalue weighted by Crippen LogP contribution is 2.21. The standard InChI is InChI=1S/C25H29FN4O3/c1-19-27-9-10-29(19)17-25(32)16-28(2)11-12-30(18-25)24(31)21-6-4-8-23(14-21)33-15-20-5-3-7-22(26)13-20/h3-10,13-14,32H,11-12,15-18H2,1-2H3/t25-/m0/s1. The first-order valence-electron chi connectivity index (χ1n) is 11.0. The lowest BCUT2D eigenvalue weighted by Crippen LogP contribution is -2.50. The summed E-state index contributed by atoms with van der Waals surface area (Å²) in [6.45, 7) is 4.27. The number of likely N-dealkylation sites (N-methyl/N-ethyl adjacent to an activating group) is 1. The lowest BCUT2D eigenvalue weighted by molar-refractivity contribution is -0.0116. The second-order valence-electron chi connectivity index (χ2n) is 8.74. The molecule has 8 heteroatoms. The molecular weight excluding hydrogens is 423 g/mol. The van der Waals surface area contributed by atoms with E-state index in [4.69, 9.17) is 4.74 Å². The third-order valence-corrected chi connectivity index (χ3v) is 5.85. The monoisotopic (exact) mass is 452 g/mol. The van der Waals surface area contributed by atoms with Gasteiger partial charge in [-0.2, -0.15) is 0 Å². The minimum absolute atomic E-state index is 0.165. The third-order valence-electron chi connectivity index (χ3n) is 5.85. The van der Waals surface area contributed by atoms with Gasteiger partial charge in [-0.25, -0.2) is 9.37 Å². The molecule has 1 aromatic heterocycles. The van der Waals surface area contributed by atoms with E-state index in [1.165, 1.54) is 12.1 Å². The number of rotatable bonds is 6. The number of amides is 1. The molecule has 3 aromatic rings. The molecule has 2 aromatic carbocycles. The zero-order valence-electron chi connectivity index (χ0n) is 18.9. The van der Waals surface area contributed by atoms with E-state index in [9.17, 15) is 14.3 Å². The van der Waals surface area contributed by atoms with Gasteiger partial charge in [0.25, 0.3) is 5.91 Å². The Hall–Kier alpha value is -3.23. The van der Waals surface area contributed by atoms with Crippen LogP contribution < -0.4 is 4.74 Å². The molecule has 1 aliphatic rings. The number of imidazole rings is 1. The van der Waals surface area contributed by atoms with Crippen molar-refractivity contribution in [1.82, 2.24) is 19.4 Å². The van der Waals surface area contributed by atoms with Crippen LogP contribution >= 0.6 is 0 Å². The van der Waals surface area contributed by atoms with E-state index in [2.05, 4.69) is 4.98 Å². The Labute approximate surface area is 193 Å². The van der Waals surface area contributed by atoms with Gasteiger partial charge in [0.2, 0.25) is 0 Å². The maximum atomic E-state index is 13.4. The number of hydrogen-bond donors (Lipinski definition) is 1. The maximum Gasteiger partial charge on any atom is 0.254 e. The van der Waals surface area contributed by atoms with Crippen LogP contribution in [0.5, 0.6) is 5.75 Å². The molecule has 0 spiro atoms. The van der Waals surface area contributed by atoms with Gasteiger partial charge >= 0.3 is 0 Å². The van der Waals surface area contributed by atoms with Crippen molar-refractivity contribution >= 4 is 5.91 Å². The Bertz CT molecular complexity index is 1120. The van der Waals surface area contributed by atoms with E-state index in [0.29, 0.717) is 43.1 Å². The van der Waals surface area contributed by atoms with E-state index in [1.807, 2.05) is 29.6 Å². The van der Waals surface area contributed by atoms with Crippen molar-refractivity contribution in [3.63, 3.8) is 0 Å². The highest BCUT2D eigenvalue weighted by Gasteiger charge is 2.36. The van der Waals surface area contributed by atoms with Gasteiger partial charge in [-0.15, -0.1) is 0 Å². The van der Waals surface area contributed by atoms with Crippen molar-refractivity contribution in [2.45, 2.75) is 25.7 Å². The fraction of sp³-hybridized carbons (Fsp3) is 0.360. The molecule has 0 unspecified atom stereocenters. The van der Waals surface area contributed by atoms with Crippen LogP contribution in [0.3, 0.4) is 0 Å². The lowest BCUT2D eigenvalue weighted by Gasteiger charge is -2.33. The zero-order valence-corrected chi connectivity index (χ0v) is 18.9. The number of hydrogen-bond acceptors (Lipinski definition) is 5. The van der Waals surface area contributed by atoms with Crippen LogP contribution in [0.25, 0.3) is 0 Å². The van der Waals surface area contributed by atoms with Crippen LogP contribution in [0.15, 0.2) is 60.9 Å². The second kappa shape index (κ2) is 9.72. The number of nitrogens with zero attached hydrogens (tertiary/aromatic N) is 4. The molecule has 0 bridgehead atoms. The molecular formula is C25H29FN4O3. The van der Waals surface area contributed by atoms with Gasteiger partial charge < -0.3 is 24.2 Å². The Morgan fingerprint density at radius 1 is 1.18 bits per heavy atom. The summed E-state index contributed by atoms with van der Waals surface area (Å²) >= 11 is 0. The average molecular weight is 453 g/mol. The van der Waals surface area contributed by atoms with Crippen LogP contribution in [-0.4, -0.2) is 69.2 Å². The van der Waals surface area contributed by atoms with E-state index in [1.54, 1.807) is 47.5 Å². The molecule has 0 radical (unpaired) electrons. The highest BCUT2D eigenvalue weighted by molar-refractivity contribution is 5.94. The Balaban J connectivity index is 1.48. The highest BCUT2D eigenvalue weighted by atomic mass is 19.1. The molecule has 0 saturated carbocycles. The van der Waals surface area contributed by atoms with Crippen molar-refractivity contribution in [1.29, 1.82) is 0 Å². The van der Waals surface area contributed by atoms with Crippen molar-refractivity contribution in [2.24, 2.45) is 0 Å². The lowest BCUT2D eigenvalue weighted by atomic mass is 10.0. The van der Waals surface area contributed by atoms with Crippen molar-refractivity contribution < 1.29 is 19.0 Å². The largest absolute Gasteiger partial charge is 0.489 e. The number of ether oxygens (including phenoxy) is 1. The zero-order chi connectivity index (χ0) is 23.4. The third kappa shape index (κ3) is 5.77. The van der Waals surface area contributed by atoms with Gasteiger partial charge in [0.1, 0.15) is 29.6 Å². The first-order valence-corrected chi connectivity index (χ1v) is 11.0. The molecule has 4 rings (SSSR count). The van der Waals surface area contributed by atoms with Crippen molar-refractivity contribution in [3.05, 3.63) is 83.7 Å². The summed E-state index contributed by atoms with van der Waals surface area (Å²) in [4.78, 5) is 21.3. The van der Waals surface area contributed by atoms with Gasteiger partial charge in [0, 0.05) is 37.6 Å². The molecule has 7 nitrogen and oxygen atoms in total. The molecule has 1 amide bonds. The van der Waals surface area contributed by atoms with Crippen LogP contribution in [-0.2, 0) is 13.2 Å². The molecule has 1 N–H and O–H groups in total. The summed E-state index contributed by atoms with van der Waals surface area (Å²) < 4.78 is 21.1. The summed E-state index contributed by atoms with van der Waals surface area (Å²) in [5.41, 5.74) is 0.0808. The number of halogens is 1. The normalized spacial score (nSPS) is 19.3. The van der Waals surface area contributed by atoms with Gasteiger partial charge in [0.15, 0.2) is 0 Å². The Morgan fingerprint density at radius 2 is 2.00 bits per heavy atom. The van der Waals surface area contributed by atoms with Crippen LogP contribution in [0.1, 0.15) is 21.7 Å². The number of carbonyl (C=O) groups is 1. The van der Waals surface area contributed by atoms with Gasteiger partial charge in [-0.05, 0) is 49.9 Å². The SMILES string of the molecule is Cc1nccn1C[C@@]1(O)CN(C)CCN(C(=O)c2cccc(OCc3cccc(F)c3)c2)C1. The molecule has 1 fully saturated rings. The Kier molecular flexibility index (Phi) is 6.76. The van der Waals surface area contributed by atoms with E-state index >= 15 is 0 Å². The number of β-amino-alcohol motifs (C(OH)–C–C–N with tert-alkyl or cyclic N) is 1. The molecule has 174 valence electrons. The molecule has 2 heterocycles. The quantitative estimate of drug-likeness (QED) is 0.623. The molecule has 1 saturated heterocycles. The first-order chi connectivity index (χ1) is 15.8. The molecule has 0 aliphatic carbocycles. The van der Waals surface area contributed by atoms with Gasteiger partial charge in [-0.1, -0.05) is 18.2 Å². The summed E-state index contributed by atoms with van der Waals surface area (Å²) in [5, 5.41) is 11.4. The van der Waals surface area contributed by atoms with E-state index in [-0.39, 0.29) is 24.9 Å². The van der Waals surface area contributed by atoms with E-state index in [0.717, 1.165) is 5.82 Å². The number of carbonyl (C=O) groups excluding carboxylic acids is 1. The van der Waals surface area contributed by atoms with Crippen LogP contribution in [0.2, 0.25) is 0 Å². The van der Waals surface area contributed by atoms with Gasteiger partial charge in [-0.3, -0.25) is 4.79 Å². The number of aryl methyl sites for hydroxylation is 1. The second-order valence-corrected chi connectivity index (χ2v) is 8.74. The first kappa shape index (κ1) is 22.9. The average Bonchev–Trinajstić information content (AvgIpc) is 3.11. The fourth-order valence-electron chi connectivity index (χ4n) is 4.21. The fourth-order valence-corrected chi connectivity index (χ4v) is 4.21. The minimum Gasteiger partial charge on any atom is -0.489 e. The Morgan fingerprint density at radius 3 is 2.76 bits per heavy atom. The smallest absolute Gasteiger partial charge is 0.254 e. The summed E-state index contributed by atoms with van der Waals surface area (Å²) in [7, 11) is 1.95. The van der Waals surface area contributed by atoms with Gasteiger partial charge in [0.05, 0.1) is 13.1 Å². The van der Waals surface area contributed by atoms with Crippen molar-refractivity contribution in [2.75, 3.05) is 33.2 Å². The van der Waals surface area contributed by atoms with Crippen LogP contribution in [0.4, 0.5) is 4.39 Å². The maximum absolute atomic E-state index is 13.4. The number of benzene rings is 2. The predicted molar refractivity (Wildman–Crippen MR) is 122 cm³/mol. The molecule has 33 heavy (non-hydrogen) atoms. The topological polar surface area (TPSA) is 70.8 Å². The number of aromatic nitrogens is 2. The molecule has 1 atom stereocenters. The van der Waals surface area contributed by atoms with E-state index < -0.39 is 5.60 Å². The predicted octanol–water partition coefficient (Wildman–Crippen LogP) is 2.73. The summed E-state index contributed by atoms with van der Waals surface area (Å²) in [5.74, 6) is 0.865. The molecule has 1 aliphatic heterocycles. The van der Waals surface area contributed by atoms with Crippen LogP contribution in [0, 0.1) is 12.7 Å².